The summed E-state index contributed by atoms with van der Waals surface area (Å²) in [7, 11) is 0. The zero-order valence-electron chi connectivity index (χ0n) is 17.7. The van der Waals surface area contributed by atoms with Crippen LogP contribution < -0.4 is 10.2 Å². The van der Waals surface area contributed by atoms with E-state index in [0.717, 1.165) is 31.7 Å². The fourth-order valence-corrected chi connectivity index (χ4v) is 4.26. The number of hydrogen-bond acceptors (Lipinski definition) is 6. The van der Waals surface area contributed by atoms with Crippen molar-refractivity contribution in [1.29, 1.82) is 0 Å². The number of piperazine rings is 1. The molecule has 0 spiro atoms. The van der Waals surface area contributed by atoms with Gasteiger partial charge >= 0.3 is 0 Å². The van der Waals surface area contributed by atoms with E-state index < -0.39 is 0 Å². The van der Waals surface area contributed by atoms with E-state index in [4.69, 9.17) is 11.6 Å². The van der Waals surface area contributed by atoms with Gasteiger partial charge in [-0.05, 0) is 49.2 Å². The first-order valence-corrected chi connectivity index (χ1v) is 11.2. The van der Waals surface area contributed by atoms with Crippen LogP contribution in [0.2, 0.25) is 5.15 Å². The zero-order chi connectivity index (χ0) is 22.5. The van der Waals surface area contributed by atoms with Crippen molar-refractivity contribution in [3.05, 3.63) is 47.4 Å². The highest BCUT2D eigenvalue weighted by Crippen LogP contribution is 2.24. The highest BCUT2D eigenvalue weighted by atomic mass is 35.5. The van der Waals surface area contributed by atoms with Gasteiger partial charge in [0.2, 0.25) is 11.8 Å². The van der Waals surface area contributed by atoms with Crippen LogP contribution in [-0.4, -0.2) is 77.6 Å². The molecule has 4 rings (SSSR count). The Bertz CT molecular complexity index is 926. The molecule has 0 saturated carbocycles. The van der Waals surface area contributed by atoms with E-state index in [1.807, 2.05) is 15.9 Å². The van der Waals surface area contributed by atoms with Crippen LogP contribution >= 0.6 is 11.6 Å². The van der Waals surface area contributed by atoms with Gasteiger partial charge in [-0.3, -0.25) is 14.5 Å². The Morgan fingerprint density at radius 1 is 0.969 bits per heavy atom. The quantitative estimate of drug-likeness (QED) is 0.737. The largest absolute Gasteiger partial charge is 0.355 e. The van der Waals surface area contributed by atoms with Crippen LogP contribution in [0, 0.1) is 11.7 Å². The van der Waals surface area contributed by atoms with Gasteiger partial charge in [0.15, 0.2) is 11.0 Å². The second-order valence-corrected chi connectivity index (χ2v) is 8.52. The van der Waals surface area contributed by atoms with E-state index in [0.29, 0.717) is 37.0 Å². The van der Waals surface area contributed by atoms with E-state index in [1.165, 1.54) is 24.3 Å². The maximum absolute atomic E-state index is 13.0. The Kier molecular flexibility index (Phi) is 7.16. The maximum atomic E-state index is 13.0. The van der Waals surface area contributed by atoms with Crippen molar-refractivity contribution in [2.75, 3.05) is 56.0 Å². The number of piperidine rings is 1. The number of hydrogen-bond donors (Lipinski definition) is 1. The lowest BCUT2D eigenvalue weighted by molar-refractivity contribution is -0.138. The average molecular weight is 461 g/mol. The molecule has 8 nitrogen and oxygen atoms in total. The summed E-state index contributed by atoms with van der Waals surface area (Å²) < 4.78 is 13.0. The number of aromatic nitrogens is 2. The molecule has 0 radical (unpaired) electrons. The Balaban J connectivity index is 1.19. The number of nitrogens with one attached hydrogen (secondary N) is 1. The standard InChI is InChI=1S/C22H26ClFN6O2/c23-19-5-6-20(27-26-19)29-9-7-16(8-10-29)22(32)30-13-11-28(12-14-30)15-21(31)25-18-3-1-17(24)2-4-18/h1-6,16H,7-15H2,(H,25,31). The molecule has 0 atom stereocenters. The number of carbonyl (C=O) groups excluding carboxylic acids is 2. The van der Waals surface area contributed by atoms with Gasteiger partial charge in [-0.1, -0.05) is 11.6 Å². The molecule has 2 aliphatic heterocycles. The van der Waals surface area contributed by atoms with Gasteiger partial charge < -0.3 is 15.1 Å². The summed E-state index contributed by atoms with van der Waals surface area (Å²) >= 11 is 5.80. The molecule has 2 amide bonds. The average Bonchev–Trinajstić information content (AvgIpc) is 2.81. The van der Waals surface area contributed by atoms with Crippen LogP contribution in [0.4, 0.5) is 15.9 Å². The van der Waals surface area contributed by atoms with E-state index in [1.54, 1.807) is 6.07 Å². The van der Waals surface area contributed by atoms with Gasteiger partial charge in [0.25, 0.3) is 0 Å². The molecular formula is C22H26ClFN6O2. The van der Waals surface area contributed by atoms with Gasteiger partial charge in [-0.15, -0.1) is 10.2 Å². The molecule has 2 saturated heterocycles. The lowest BCUT2D eigenvalue weighted by atomic mass is 9.95. The second-order valence-electron chi connectivity index (χ2n) is 8.13. The first kappa shape index (κ1) is 22.4. The second kappa shape index (κ2) is 10.2. The first-order valence-electron chi connectivity index (χ1n) is 10.8. The first-order chi connectivity index (χ1) is 15.5. The highest BCUT2D eigenvalue weighted by Gasteiger charge is 2.31. The van der Waals surface area contributed by atoms with Gasteiger partial charge in [-0.2, -0.15) is 0 Å². The number of halogens is 2. The summed E-state index contributed by atoms with van der Waals surface area (Å²) in [6.45, 7) is 4.31. The SMILES string of the molecule is O=C(CN1CCN(C(=O)C2CCN(c3ccc(Cl)nn3)CC2)CC1)Nc1ccc(F)cc1. The number of benzene rings is 1. The molecule has 0 bridgehead atoms. The molecule has 32 heavy (non-hydrogen) atoms. The molecule has 10 heteroatoms. The van der Waals surface area contributed by atoms with Crippen LogP contribution in [0.25, 0.3) is 0 Å². The molecule has 1 aromatic carbocycles. The van der Waals surface area contributed by atoms with Crippen LogP contribution in [0.3, 0.4) is 0 Å². The Labute approximate surface area is 191 Å². The maximum Gasteiger partial charge on any atom is 0.238 e. The number of carbonyl (C=O) groups is 2. The van der Waals surface area contributed by atoms with E-state index >= 15 is 0 Å². The normalized spacial score (nSPS) is 17.9. The van der Waals surface area contributed by atoms with Crippen LogP contribution in [-0.2, 0) is 9.59 Å². The third kappa shape index (κ3) is 5.72. The van der Waals surface area contributed by atoms with Crippen molar-refractivity contribution < 1.29 is 14.0 Å². The number of amides is 2. The van der Waals surface area contributed by atoms with Crippen molar-refractivity contribution >= 4 is 34.9 Å². The lowest BCUT2D eigenvalue weighted by Crippen LogP contribution is -2.52. The predicted molar refractivity (Wildman–Crippen MR) is 120 cm³/mol. The summed E-state index contributed by atoms with van der Waals surface area (Å²) in [5, 5.41) is 11.1. The predicted octanol–water partition coefficient (Wildman–Crippen LogP) is 2.27. The van der Waals surface area contributed by atoms with Gasteiger partial charge in [0.05, 0.1) is 6.54 Å². The van der Waals surface area contributed by atoms with Crippen molar-refractivity contribution in [1.82, 2.24) is 20.0 Å². The summed E-state index contributed by atoms with van der Waals surface area (Å²) in [5.41, 5.74) is 0.570. The van der Waals surface area contributed by atoms with Gasteiger partial charge in [0.1, 0.15) is 5.82 Å². The number of nitrogens with zero attached hydrogens (tertiary/aromatic N) is 5. The minimum Gasteiger partial charge on any atom is -0.355 e. The Hall–Kier alpha value is -2.78. The molecule has 2 aromatic rings. The molecule has 3 heterocycles. The fourth-order valence-electron chi connectivity index (χ4n) is 4.15. The third-order valence-corrected chi connectivity index (χ3v) is 6.17. The fraction of sp³-hybridized carbons (Fsp3) is 0.455. The van der Waals surface area contributed by atoms with E-state index in [2.05, 4.69) is 20.4 Å². The third-order valence-electron chi connectivity index (χ3n) is 5.97. The smallest absolute Gasteiger partial charge is 0.238 e. The molecule has 170 valence electrons. The molecule has 1 N–H and O–H groups in total. The molecular weight excluding hydrogens is 435 g/mol. The van der Waals surface area contributed by atoms with E-state index in [9.17, 15) is 14.0 Å². The lowest BCUT2D eigenvalue weighted by Gasteiger charge is -2.38. The Morgan fingerprint density at radius 2 is 1.66 bits per heavy atom. The molecule has 1 aromatic heterocycles. The highest BCUT2D eigenvalue weighted by molar-refractivity contribution is 6.29. The van der Waals surface area contributed by atoms with Crippen molar-refractivity contribution in [2.24, 2.45) is 5.92 Å². The molecule has 0 unspecified atom stereocenters. The van der Waals surface area contributed by atoms with Gasteiger partial charge in [-0.25, -0.2) is 4.39 Å². The van der Waals surface area contributed by atoms with Gasteiger partial charge in [0, 0.05) is 50.9 Å². The molecule has 0 aliphatic carbocycles. The minimum atomic E-state index is -0.340. The minimum absolute atomic E-state index is 0.0137. The van der Waals surface area contributed by atoms with Crippen molar-refractivity contribution in [3.8, 4) is 0 Å². The summed E-state index contributed by atoms with van der Waals surface area (Å²) in [4.78, 5) is 31.3. The van der Waals surface area contributed by atoms with Crippen LogP contribution in [0.15, 0.2) is 36.4 Å². The number of rotatable bonds is 5. The van der Waals surface area contributed by atoms with E-state index in [-0.39, 0.29) is 30.1 Å². The summed E-state index contributed by atoms with van der Waals surface area (Å²) in [6, 6.07) is 9.27. The van der Waals surface area contributed by atoms with Crippen molar-refractivity contribution in [2.45, 2.75) is 12.8 Å². The molecule has 2 aliphatic rings. The number of anilines is 2. The summed E-state index contributed by atoms with van der Waals surface area (Å²) in [6.07, 6.45) is 1.56. The van der Waals surface area contributed by atoms with Crippen LogP contribution in [0.1, 0.15) is 12.8 Å². The Morgan fingerprint density at radius 3 is 2.28 bits per heavy atom. The summed E-state index contributed by atoms with van der Waals surface area (Å²) in [5.74, 6) is 0.511. The topological polar surface area (TPSA) is 81.7 Å². The molecule has 2 fully saturated rings. The van der Waals surface area contributed by atoms with Crippen LogP contribution in [0.5, 0.6) is 0 Å². The zero-order valence-corrected chi connectivity index (χ0v) is 18.5. The monoisotopic (exact) mass is 460 g/mol. The van der Waals surface area contributed by atoms with Crippen molar-refractivity contribution in [3.63, 3.8) is 0 Å².